The summed E-state index contributed by atoms with van der Waals surface area (Å²) in [5, 5.41) is 6.74. The van der Waals surface area contributed by atoms with Gasteiger partial charge in [-0.1, -0.05) is 26.0 Å². The summed E-state index contributed by atoms with van der Waals surface area (Å²) in [4.78, 5) is 6.80. The third kappa shape index (κ3) is 8.18. The smallest absolute Gasteiger partial charge is 0.191 e. The zero-order valence-electron chi connectivity index (χ0n) is 17.5. The molecule has 6 nitrogen and oxygen atoms in total. The molecule has 0 aliphatic carbocycles. The quantitative estimate of drug-likeness (QED) is 0.539. The largest absolute Gasteiger partial charge is 0.491 e. The van der Waals surface area contributed by atoms with E-state index < -0.39 is 0 Å². The molecule has 0 saturated carbocycles. The molecule has 0 spiro atoms. The number of ether oxygens (including phenoxy) is 2. The Morgan fingerprint density at radius 3 is 2.59 bits per heavy atom. The van der Waals surface area contributed by atoms with Crippen molar-refractivity contribution in [2.24, 2.45) is 10.9 Å². The van der Waals surface area contributed by atoms with Crippen molar-refractivity contribution in [3.05, 3.63) is 29.8 Å². The highest BCUT2D eigenvalue weighted by molar-refractivity contribution is 5.79. The lowest BCUT2D eigenvalue weighted by molar-refractivity contribution is -0.0284. The molecule has 0 aromatic heterocycles. The lowest BCUT2D eigenvalue weighted by Crippen LogP contribution is -2.50. The maximum atomic E-state index is 5.89. The molecule has 1 heterocycles. The minimum Gasteiger partial charge on any atom is -0.491 e. The maximum absolute atomic E-state index is 5.89. The van der Waals surface area contributed by atoms with Crippen LogP contribution in [0.15, 0.2) is 29.3 Å². The Bertz CT molecular complexity index is 572. The summed E-state index contributed by atoms with van der Waals surface area (Å²) in [5.74, 6) is 2.38. The molecule has 1 aliphatic rings. The SMILES string of the molecule is CN=C(NCc1ccc(OC(C)C)cc1)NCC1CN(CC(C)C)CCO1. The van der Waals surface area contributed by atoms with E-state index in [4.69, 9.17) is 9.47 Å². The van der Waals surface area contributed by atoms with Crippen molar-refractivity contribution >= 4 is 5.96 Å². The van der Waals surface area contributed by atoms with Crippen LogP contribution in [0.3, 0.4) is 0 Å². The second-order valence-electron chi connectivity index (χ2n) is 7.76. The summed E-state index contributed by atoms with van der Waals surface area (Å²) in [6, 6.07) is 8.16. The zero-order valence-corrected chi connectivity index (χ0v) is 17.5. The molecule has 0 radical (unpaired) electrons. The predicted molar refractivity (Wildman–Crippen MR) is 111 cm³/mol. The third-order valence-electron chi connectivity index (χ3n) is 4.32. The van der Waals surface area contributed by atoms with Gasteiger partial charge in [0, 0.05) is 39.8 Å². The van der Waals surface area contributed by atoms with Crippen molar-refractivity contribution in [2.75, 3.05) is 39.8 Å². The molecule has 2 rings (SSSR count). The first-order valence-electron chi connectivity index (χ1n) is 10.00. The van der Waals surface area contributed by atoms with Crippen LogP contribution in [0.2, 0.25) is 0 Å². The van der Waals surface area contributed by atoms with Crippen LogP contribution in [0.25, 0.3) is 0 Å². The topological polar surface area (TPSA) is 58.1 Å². The van der Waals surface area contributed by atoms with Gasteiger partial charge in [-0.15, -0.1) is 0 Å². The molecule has 1 saturated heterocycles. The molecular weight excluding hydrogens is 340 g/mol. The molecule has 1 aliphatic heterocycles. The van der Waals surface area contributed by atoms with Crippen LogP contribution >= 0.6 is 0 Å². The first-order valence-corrected chi connectivity index (χ1v) is 10.00. The summed E-state index contributed by atoms with van der Waals surface area (Å²) in [6.07, 6.45) is 0.388. The van der Waals surface area contributed by atoms with Crippen LogP contribution in [0.5, 0.6) is 5.75 Å². The van der Waals surface area contributed by atoms with E-state index in [0.717, 1.165) is 44.5 Å². The van der Waals surface area contributed by atoms with Gasteiger partial charge >= 0.3 is 0 Å². The highest BCUT2D eigenvalue weighted by Crippen LogP contribution is 2.13. The molecular formula is C21H36N4O2. The number of morpholine rings is 1. The monoisotopic (exact) mass is 376 g/mol. The molecule has 152 valence electrons. The van der Waals surface area contributed by atoms with Gasteiger partial charge in [0.25, 0.3) is 0 Å². The van der Waals surface area contributed by atoms with Crippen molar-refractivity contribution in [3.63, 3.8) is 0 Å². The van der Waals surface area contributed by atoms with Crippen LogP contribution in [0.1, 0.15) is 33.3 Å². The summed E-state index contributed by atoms with van der Waals surface area (Å²) < 4.78 is 11.6. The van der Waals surface area contributed by atoms with Crippen LogP contribution in [-0.4, -0.2) is 62.9 Å². The number of hydrogen-bond donors (Lipinski definition) is 2. The molecule has 0 bridgehead atoms. The van der Waals surface area contributed by atoms with Crippen LogP contribution in [-0.2, 0) is 11.3 Å². The lowest BCUT2D eigenvalue weighted by Gasteiger charge is -2.34. The van der Waals surface area contributed by atoms with Crippen molar-refractivity contribution in [1.82, 2.24) is 15.5 Å². The van der Waals surface area contributed by atoms with Crippen molar-refractivity contribution in [1.29, 1.82) is 0 Å². The zero-order chi connectivity index (χ0) is 19.6. The van der Waals surface area contributed by atoms with Gasteiger partial charge < -0.3 is 20.1 Å². The second-order valence-corrected chi connectivity index (χ2v) is 7.76. The van der Waals surface area contributed by atoms with Gasteiger partial charge in [-0.2, -0.15) is 0 Å². The number of guanidine groups is 1. The first-order chi connectivity index (χ1) is 13.0. The molecule has 27 heavy (non-hydrogen) atoms. The molecule has 2 N–H and O–H groups in total. The van der Waals surface area contributed by atoms with Crippen LogP contribution < -0.4 is 15.4 Å². The molecule has 1 aromatic carbocycles. The molecule has 1 aromatic rings. The fourth-order valence-electron chi connectivity index (χ4n) is 3.16. The Balaban J connectivity index is 1.74. The van der Waals surface area contributed by atoms with E-state index in [-0.39, 0.29) is 12.2 Å². The van der Waals surface area contributed by atoms with Gasteiger partial charge in [0.15, 0.2) is 5.96 Å². The Hall–Kier alpha value is -1.79. The van der Waals surface area contributed by atoms with E-state index in [1.807, 2.05) is 26.0 Å². The average molecular weight is 377 g/mol. The number of hydrogen-bond acceptors (Lipinski definition) is 4. The van der Waals surface area contributed by atoms with Crippen molar-refractivity contribution < 1.29 is 9.47 Å². The number of nitrogens with zero attached hydrogens (tertiary/aromatic N) is 2. The number of rotatable bonds is 8. The predicted octanol–water partition coefficient (Wildman–Crippen LogP) is 2.50. The normalized spacial score (nSPS) is 18.8. The van der Waals surface area contributed by atoms with Gasteiger partial charge in [0.1, 0.15) is 5.75 Å². The van der Waals surface area contributed by atoms with E-state index in [9.17, 15) is 0 Å². The van der Waals surface area contributed by atoms with Gasteiger partial charge in [0.2, 0.25) is 0 Å². The van der Waals surface area contributed by atoms with E-state index in [0.29, 0.717) is 12.5 Å². The van der Waals surface area contributed by atoms with Crippen molar-refractivity contribution in [2.45, 2.75) is 46.4 Å². The number of aliphatic imine (C=N–C) groups is 1. The lowest BCUT2D eigenvalue weighted by atomic mass is 10.2. The Labute approximate surface area is 164 Å². The van der Waals surface area contributed by atoms with E-state index in [2.05, 4.69) is 46.5 Å². The van der Waals surface area contributed by atoms with Gasteiger partial charge in [0.05, 0.1) is 18.8 Å². The maximum Gasteiger partial charge on any atom is 0.191 e. The summed E-state index contributed by atoms with van der Waals surface area (Å²) >= 11 is 0. The van der Waals surface area contributed by atoms with Gasteiger partial charge in [-0.05, 0) is 37.5 Å². The standard InChI is InChI=1S/C21H36N4O2/c1-16(2)14-25-10-11-26-20(15-25)13-24-21(22-5)23-12-18-6-8-19(9-7-18)27-17(3)4/h6-9,16-17,20H,10-15H2,1-5H3,(H2,22,23,24). The molecule has 6 heteroatoms. The Kier molecular flexibility index (Phi) is 8.88. The molecule has 0 amide bonds. The fraction of sp³-hybridized carbons (Fsp3) is 0.667. The van der Waals surface area contributed by atoms with Gasteiger partial charge in [-0.3, -0.25) is 9.89 Å². The summed E-state index contributed by atoms with van der Waals surface area (Å²) in [6.45, 7) is 14.0. The summed E-state index contributed by atoms with van der Waals surface area (Å²) in [5.41, 5.74) is 1.19. The first kappa shape index (κ1) is 21.5. The van der Waals surface area contributed by atoms with E-state index >= 15 is 0 Å². The van der Waals surface area contributed by atoms with Crippen LogP contribution in [0, 0.1) is 5.92 Å². The highest BCUT2D eigenvalue weighted by atomic mass is 16.5. The third-order valence-corrected chi connectivity index (χ3v) is 4.32. The second kappa shape index (κ2) is 11.1. The Morgan fingerprint density at radius 1 is 1.22 bits per heavy atom. The summed E-state index contributed by atoms with van der Waals surface area (Å²) in [7, 11) is 1.79. The highest BCUT2D eigenvalue weighted by Gasteiger charge is 2.21. The fourth-order valence-corrected chi connectivity index (χ4v) is 3.16. The number of benzene rings is 1. The molecule has 1 fully saturated rings. The van der Waals surface area contributed by atoms with Crippen LogP contribution in [0.4, 0.5) is 0 Å². The average Bonchev–Trinajstić information content (AvgIpc) is 2.62. The van der Waals surface area contributed by atoms with E-state index in [1.165, 1.54) is 5.56 Å². The van der Waals surface area contributed by atoms with Crippen molar-refractivity contribution in [3.8, 4) is 5.75 Å². The minimum atomic E-state index is 0.190. The minimum absolute atomic E-state index is 0.190. The van der Waals surface area contributed by atoms with Gasteiger partial charge in [-0.25, -0.2) is 0 Å². The molecule has 1 unspecified atom stereocenters. The molecule has 1 atom stereocenters. The van der Waals surface area contributed by atoms with E-state index in [1.54, 1.807) is 7.05 Å². The Morgan fingerprint density at radius 2 is 1.96 bits per heavy atom. The number of nitrogens with one attached hydrogen (secondary N) is 2.